The van der Waals surface area contributed by atoms with Gasteiger partial charge in [0.1, 0.15) is 11.5 Å². The zero-order valence-electron chi connectivity index (χ0n) is 16.7. The first kappa shape index (κ1) is 21.0. The Hall–Kier alpha value is -3.32. The molecule has 0 atom stereocenters. The van der Waals surface area contributed by atoms with Gasteiger partial charge in [-0.3, -0.25) is 0 Å². The molecule has 0 radical (unpaired) electrons. The fourth-order valence-corrected chi connectivity index (χ4v) is 2.65. The summed E-state index contributed by atoms with van der Waals surface area (Å²) >= 11 is 0. The first-order valence-corrected chi connectivity index (χ1v) is 9.49. The molecule has 0 unspecified atom stereocenters. The van der Waals surface area contributed by atoms with Crippen LogP contribution in [0.25, 0.3) is 0 Å². The molecule has 1 heteroatoms. The third-order valence-electron chi connectivity index (χ3n) is 4.09. The van der Waals surface area contributed by atoms with E-state index in [1.165, 1.54) is 16.7 Å². The SMILES string of the molecule is C=C/C=C(\C=C/C)Oc1ccccc1.Cc1ccccc1Cc1ccccc1. The van der Waals surface area contributed by atoms with Crippen LogP contribution in [-0.4, -0.2) is 0 Å². The summed E-state index contributed by atoms with van der Waals surface area (Å²) in [6, 6.07) is 28.8. The van der Waals surface area contributed by atoms with Gasteiger partial charge in [0, 0.05) is 0 Å². The summed E-state index contributed by atoms with van der Waals surface area (Å²) in [6.45, 7) is 7.75. The molecule has 0 aliphatic rings. The van der Waals surface area contributed by atoms with E-state index in [2.05, 4.69) is 68.1 Å². The van der Waals surface area contributed by atoms with Crippen LogP contribution in [-0.2, 0) is 6.42 Å². The fraction of sp³-hybridized carbons (Fsp3) is 0.111. The summed E-state index contributed by atoms with van der Waals surface area (Å²) in [4.78, 5) is 0. The molecule has 0 N–H and O–H groups in total. The second-order valence-electron chi connectivity index (χ2n) is 6.31. The normalized spacial score (nSPS) is 10.9. The molecule has 142 valence electrons. The first-order chi connectivity index (χ1) is 13.7. The maximum absolute atomic E-state index is 5.60. The van der Waals surface area contributed by atoms with Gasteiger partial charge in [-0.15, -0.1) is 0 Å². The lowest BCUT2D eigenvalue weighted by molar-refractivity contribution is 0.444. The van der Waals surface area contributed by atoms with Gasteiger partial charge in [-0.2, -0.15) is 0 Å². The van der Waals surface area contributed by atoms with E-state index >= 15 is 0 Å². The van der Waals surface area contributed by atoms with Crippen molar-refractivity contribution in [3.63, 3.8) is 0 Å². The van der Waals surface area contributed by atoms with Crippen LogP contribution >= 0.6 is 0 Å². The average Bonchev–Trinajstić information content (AvgIpc) is 2.72. The van der Waals surface area contributed by atoms with E-state index in [0.717, 1.165) is 17.9 Å². The highest BCUT2D eigenvalue weighted by molar-refractivity contribution is 5.31. The van der Waals surface area contributed by atoms with Crippen molar-refractivity contribution in [1.29, 1.82) is 0 Å². The molecule has 0 heterocycles. The molecular formula is C27H28O. The summed E-state index contributed by atoms with van der Waals surface area (Å²) < 4.78 is 5.60. The van der Waals surface area contributed by atoms with Crippen molar-refractivity contribution in [1.82, 2.24) is 0 Å². The van der Waals surface area contributed by atoms with Gasteiger partial charge in [-0.25, -0.2) is 0 Å². The number of allylic oxidation sites excluding steroid dienone is 4. The van der Waals surface area contributed by atoms with Crippen LogP contribution < -0.4 is 4.74 Å². The Morgan fingerprint density at radius 2 is 1.46 bits per heavy atom. The lowest BCUT2D eigenvalue weighted by Gasteiger charge is -2.04. The molecule has 0 spiro atoms. The van der Waals surface area contributed by atoms with Crippen molar-refractivity contribution in [2.75, 3.05) is 0 Å². The number of ether oxygens (including phenoxy) is 1. The molecule has 0 aliphatic carbocycles. The minimum absolute atomic E-state index is 0.786. The molecule has 0 saturated carbocycles. The number of hydrogen-bond acceptors (Lipinski definition) is 1. The van der Waals surface area contributed by atoms with Crippen molar-refractivity contribution in [2.45, 2.75) is 20.3 Å². The van der Waals surface area contributed by atoms with Crippen LogP contribution in [0.5, 0.6) is 5.75 Å². The molecule has 0 amide bonds. The minimum Gasteiger partial charge on any atom is -0.457 e. The van der Waals surface area contributed by atoms with Crippen LogP contribution in [0.4, 0.5) is 0 Å². The van der Waals surface area contributed by atoms with E-state index in [9.17, 15) is 0 Å². The maximum Gasteiger partial charge on any atom is 0.127 e. The van der Waals surface area contributed by atoms with Gasteiger partial charge in [-0.05, 0) is 61.2 Å². The number of rotatable bonds is 6. The molecule has 1 nitrogen and oxygen atoms in total. The Balaban J connectivity index is 0.000000200. The van der Waals surface area contributed by atoms with Crippen molar-refractivity contribution in [3.8, 4) is 5.75 Å². The van der Waals surface area contributed by atoms with Gasteiger partial charge in [0.05, 0.1) is 0 Å². The highest BCUT2D eigenvalue weighted by Gasteiger charge is 1.97. The van der Waals surface area contributed by atoms with Gasteiger partial charge in [0.15, 0.2) is 0 Å². The number of benzene rings is 3. The fourth-order valence-electron chi connectivity index (χ4n) is 2.65. The van der Waals surface area contributed by atoms with Crippen molar-refractivity contribution in [3.05, 3.63) is 138 Å². The zero-order valence-corrected chi connectivity index (χ0v) is 16.7. The van der Waals surface area contributed by atoms with Crippen molar-refractivity contribution >= 4 is 0 Å². The molecule has 0 aliphatic heterocycles. The van der Waals surface area contributed by atoms with Crippen molar-refractivity contribution < 1.29 is 4.74 Å². The summed E-state index contributed by atoms with van der Waals surface area (Å²) in [5.41, 5.74) is 4.16. The molecule has 0 saturated heterocycles. The average molecular weight is 369 g/mol. The van der Waals surface area contributed by atoms with E-state index in [0.29, 0.717) is 0 Å². The third-order valence-corrected chi connectivity index (χ3v) is 4.09. The number of aryl methyl sites for hydroxylation is 1. The van der Waals surface area contributed by atoms with Gasteiger partial charge >= 0.3 is 0 Å². The zero-order chi connectivity index (χ0) is 20.0. The number of hydrogen-bond donors (Lipinski definition) is 0. The van der Waals surface area contributed by atoms with Gasteiger partial charge < -0.3 is 4.74 Å². The van der Waals surface area contributed by atoms with Crippen LogP contribution in [0.2, 0.25) is 0 Å². The summed E-state index contributed by atoms with van der Waals surface area (Å²) in [6.07, 6.45) is 8.39. The van der Waals surface area contributed by atoms with Crippen LogP contribution in [0.3, 0.4) is 0 Å². The Morgan fingerprint density at radius 3 is 2.07 bits per heavy atom. The van der Waals surface area contributed by atoms with E-state index in [1.54, 1.807) is 6.08 Å². The Bertz CT molecular complexity index is 890. The Morgan fingerprint density at radius 1 is 0.857 bits per heavy atom. The molecule has 28 heavy (non-hydrogen) atoms. The maximum atomic E-state index is 5.60. The minimum atomic E-state index is 0.786. The van der Waals surface area contributed by atoms with Crippen LogP contribution in [0.15, 0.2) is 122 Å². The monoisotopic (exact) mass is 368 g/mol. The quantitative estimate of drug-likeness (QED) is 0.328. The predicted molar refractivity (Wildman–Crippen MR) is 121 cm³/mol. The highest BCUT2D eigenvalue weighted by Crippen LogP contribution is 2.14. The van der Waals surface area contributed by atoms with Gasteiger partial charge in [0.2, 0.25) is 0 Å². The summed E-state index contributed by atoms with van der Waals surface area (Å²) in [7, 11) is 0. The molecule has 0 bridgehead atoms. The third kappa shape index (κ3) is 7.51. The second-order valence-corrected chi connectivity index (χ2v) is 6.31. The Labute approximate surface area is 169 Å². The number of para-hydroxylation sites is 1. The summed E-state index contributed by atoms with van der Waals surface area (Å²) in [5.74, 6) is 1.62. The predicted octanol–water partition coefficient (Wildman–Crippen LogP) is 7.30. The second kappa shape index (κ2) is 12.1. The lowest BCUT2D eigenvalue weighted by Crippen LogP contribution is -1.90. The van der Waals surface area contributed by atoms with E-state index in [1.807, 2.05) is 55.5 Å². The molecule has 0 fully saturated rings. The smallest absolute Gasteiger partial charge is 0.127 e. The summed E-state index contributed by atoms with van der Waals surface area (Å²) in [5, 5.41) is 0. The van der Waals surface area contributed by atoms with Gasteiger partial charge in [-0.1, -0.05) is 91.5 Å². The molecule has 0 aromatic heterocycles. The standard InChI is InChI=1S/C14H14.C13H14O/c1-12-7-5-6-10-14(12)11-13-8-3-2-4-9-13;1-3-8-12(9-4-2)14-13-10-6-5-7-11-13/h2-10H,11H2,1H3;3-11H,1H2,2H3/b;9-4-,12-8+. The van der Waals surface area contributed by atoms with E-state index in [-0.39, 0.29) is 0 Å². The molecular weight excluding hydrogens is 340 g/mol. The van der Waals surface area contributed by atoms with Gasteiger partial charge in [0.25, 0.3) is 0 Å². The molecule has 3 aromatic rings. The van der Waals surface area contributed by atoms with Crippen molar-refractivity contribution in [2.24, 2.45) is 0 Å². The molecule has 3 rings (SSSR count). The molecule has 3 aromatic carbocycles. The first-order valence-electron chi connectivity index (χ1n) is 9.49. The topological polar surface area (TPSA) is 9.23 Å². The van der Waals surface area contributed by atoms with Crippen LogP contribution in [0.1, 0.15) is 23.6 Å². The van der Waals surface area contributed by atoms with E-state index in [4.69, 9.17) is 4.74 Å². The lowest BCUT2D eigenvalue weighted by atomic mass is 10.0. The largest absolute Gasteiger partial charge is 0.457 e. The Kier molecular flexibility index (Phi) is 9.10. The van der Waals surface area contributed by atoms with E-state index < -0.39 is 0 Å². The highest BCUT2D eigenvalue weighted by atomic mass is 16.5. The van der Waals surface area contributed by atoms with Crippen LogP contribution in [0, 0.1) is 6.92 Å².